The van der Waals surface area contributed by atoms with Gasteiger partial charge in [-0.1, -0.05) is 6.92 Å². The molecule has 0 fully saturated rings. The summed E-state index contributed by atoms with van der Waals surface area (Å²) in [5.74, 6) is 0. The summed E-state index contributed by atoms with van der Waals surface area (Å²) in [5.41, 5.74) is 4.99. The van der Waals surface area contributed by atoms with Crippen LogP contribution >= 0.6 is 8.45 Å². The Morgan fingerprint density at radius 1 is 1.86 bits per heavy atom. The van der Waals surface area contributed by atoms with Crippen LogP contribution in [0.4, 0.5) is 0 Å². The predicted octanol–water partition coefficient (Wildman–Crippen LogP) is 0.164. The van der Waals surface area contributed by atoms with E-state index in [4.69, 9.17) is 10.4 Å². The molecule has 0 saturated carbocycles. The summed E-state index contributed by atoms with van der Waals surface area (Å²) >= 11 is 0. The van der Waals surface area contributed by atoms with Crippen LogP contribution in [0, 0.1) is 0 Å². The molecule has 0 heterocycles. The predicted molar refractivity (Wildman–Crippen MR) is 31.6 cm³/mol. The summed E-state index contributed by atoms with van der Waals surface area (Å²) in [5, 5.41) is 2.69. The van der Waals surface area contributed by atoms with E-state index in [1.165, 1.54) is 0 Å². The van der Waals surface area contributed by atoms with E-state index in [0.29, 0.717) is 0 Å². The SMILES string of the molecule is CCCNP(N)O. The Morgan fingerprint density at radius 3 is 2.57 bits per heavy atom. The molecule has 0 rings (SSSR count). The molecule has 0 aliphatic heterocycles. The van der Waals surface area contributed by atoms with Crippen molar-refractivity contribution >= 4 is 8.45 Å². The zero-order valence-electron chi connectivity index (χ0n) is 4.39. The molecule has 0 aromatic heterocycles. The smallest absolute Gasteiger partial charge is 0.176 e. The number of hydrogen-bond acceptors (Lipinski definition) is 3. The molecule has 0 spiro atoms. The van der Waals surface area contributed by atoms with Crippen molar-refractivity contribution in [1.29, 1.82) is 0 Å². The molecule has 0 saturated heterocycles. The van der Waals surface area contributed by atoms with Gasteiger partial charge in [0, 0.05) is 6.54 Å². The minimum absolute atomic E-state index is 0.804. The average Bonchev–Trinajstić information content (AvgIpc) is 1.61. The van der Waals surface area contributed by atoms with Gasteiger partial charge in [0.1, 0.15) is 0 Å². The zero-order chi connectivity index (χ0) is 5.70. The molecular formula is C3H11N2OP. The van der Waals surface area contributed by atoms with Crippen LogP contribution in [0.15, 0.2) is 0 Å². The fourth-order valence-corrected chi connectivity index (χ4v) is 0.679. The molecule has 1 unspecified atom stereocenters. The molecule has 0 aliphatic rings. The van der Waals surface area contributed by atoms with Crippen LogP contribution < -0.4 is 10.6 Å². The van der Waals surface area contributed by atoms with E-state index in [0.717, 1.165) is 13.0 Å². The largest absolute Gasteiger partial charge is 0.348 e. The van der Waals surface area contributed by atoms with Crippen molar-refractivity contribution in [3.63, 3.8) is 0 Å². The highest BCUT2D eigenvalue weighted by Gasteiger charge is 1.88. The van der Waals surface area contributed by atoms with Crippen LogP contribution in [0.25, 0.3) is 0 Å². The third kappa shape index (κ3) is 6.31. The van der Waals surface area contributed by atoms with Gasteiger partial charge in [-0.15, -0.1) is 0 Å². The van der Waals surface area contributed by atoms with Crippen molar-refractivity contribution in [2.45, 2.75) is 13.3 Å². The molecule has 0 aliphatic carbocycles. The summed E-state index contributed by atoms with van der Waals surface area (Å²) in [7, 11) is -1.36. The minimum Gasteiger partial charge on any atom is -0.348 e. The van der Waals surface area contributed by atoms with Crippen molar-refractivity contribution < 1.29 is 4.89 Å². The number of hydrogen-bond donors (Lipinski definition) is 3. The normalized spacial score (nSPS) is 14.1. The van der Waals surface area contributed by atoms with Gasteiger partial charge < -0.3 is 4.89 Å². The lowest BCUT2D eigenvalue weighted by atomic mass is 10.5. The molecule has 4 heteroatoms. The first-order valence-electron chi connectivity index (χ1n) is 2.24. The van der Waals surface area contributed by atoms with Crippen molar-refractivity contribution in [3.05, 3.63) is 0 Å². The quantitative estimate of drug-likeness (QED) is 0.467. The molecule has 0 radical (unpaired) electrons. The Kier molecular flexibility index (Phi) is 4.67. The first-order chi connectivity index (χ1) is 3.27. The van der Waals surface area contributed by atoms with Gasteiger partial charge in [-0.25, -0.2) is 0 Å². The van der Waals surface area contributed by atoms with Gasteiger partial charge in [0.15, 0.2) is 8.45 Å². The van der Waals surface area contributed by atoms with Gasteiger partial charge in [-0.3, -0.25) is 10.6 Å². The second-order valence-corrected chi connectivity index (χ2v) is 2.26. The Hall–Kier alpha value is 0.310. The van der Waals surface area contributed by atoms with E-state index in [1.807, 2.05) is 6.92 Å². The number of nitrogens with one attached hydrogen (secondary N) is 1. The van der Waals surface area contributed by atoms with Crippen LogP contribution in [0.5, 0.6) is 0 Å². The van der Waals surface area contributed by atoms with E-state index >= 15 is 0 Å². The topological polar surface area (TPSA) is 58.3 Å². The lowest BCUT2D eigenvalue weighted by Gasteiger charge is -2.01. The lowest BCUT2D eigenvalue weighted by molar-refractivity contribution is 0.605. The van der Waals surface area contributed by atoms with E-state index in [1.54, 1.807) is 0 Å². The monoisotopic (exact) mass is 122 g/mol. The standard InChI is InChI=1S/C3H11N2OP/c1-2-3-5-7(4)6/h5-6H,2-4H2,1H3. The molecule has 0 bridgehead atoms. The highest BCUT2D eigenvalue weighted by Crippen LogP contribution is 2.08. The average molecular weight is 122 g/mol. The third-order valence-corrected chi connectivity index (χ3v) is 1.07. The van der Waals surface area contributed by atoms with E-state index in [-0.39, 0.29) is 0 Å². The maximum atomic E-state index is 8.41. The summed E-state index contributed by atoms with van der Waals surface area (Å²) in [4.78, 5) is 8.41. The van der Waals surface area contributed by atoms with Gasteiger partial charge >= 0.3 is 0 Å². The summed E-state index contributed by atoms with van der Waals surface area (Å²) in [6, 6.07) is 0. The maximum Gasteiger partial charge on any atom is 0.176 e. The van der Waals surface area contributed by atoms with Crippen molar-refractivity contribution in [1.82, 2.24) is 5.09 Å². The van der Waals surface area contributed by atoms with E-state index < -0.39 is 8.45 Å². The van der Waals surface area contributed by atoms with Crippen LogP contribution in [0.1, 0.15) is 13.3 Å². The zero-order valence-corrected chi connectivity index (χ0v) is 5.28. The van der Waals surface area contributed by atoms with E-state index in [9.17, 15) is 0 Å². The molecular weight excluding hydrogens is 111 g/mol. The third-order valence-electron chi connectivity index (χ3n) is 0.524. The molecule has 0 aromatic carbocycles. The molecule has 0 amide bonds. The first-order valence-corrected chi connectivity index (χ1v) is 3.61. The van der Waals surface area contributed by atoms with Gasteiger partial charge in [0.2, 0.25) is 0 Å². The molecule has 7 heavy (non-hydrogen) atoms. The Balaban J connectivity index is 2.68. The van der Waals surface area contributed by atoms with Gasteiger partial charge in [-0.05, 0) is 6.42 Å². The van der Waals surface area contributed by atoms with Crippen LogP contribution in [-0.2, 0) is 0 Å². The van der Waals surface area contributed by atoms with Gasteiger partial charge in [0.25, 0.3) is 0 Å². The summed E-state index contributed by atoms with van der Waals surface area (Å²) < 4.78 is 0. The first kappa shape index (κ1) is 7.31. The van der Waals surface area contributed by atoms with Crippen LogP contribution in [-0.4, -0.2) is 11.4 Å². The molecule has 1 atom stereocenters. The minimum atomic E-state index is -1.36. The second-order valence-electron chi connectivity index (χ2n) is 1.25. The summed E-state index contributed by atoms with van der Waals surface area (Å²) in [6.07, 6.45) is 1.01. The highest BCUT2D eigenvalue weighted by atomic mass is 31.2. The Bertz CT molecular complexity index is 41.9. The Morgan fingerprint density at radius 2 is 2.43 bits per heavy atom. The number of nitrogens with two attached hydrogens (primary N) is 1. The number of rotatable bonds is 3. The second kappa shape index (κ2) is 4.47. The van der Waals surface area contributed by atoms with Crippen molar-refractivity contribution in [2.75, 3.05) is 6.54 Å². The maximum absolute atomic E-state index is 8.41. The molecule has 3 nitrogen and oxygen atoms in total. The van der Waals surface area contributed by atoms with Crippen LogP contribution in [0.2, 0.25) is 0 Å². The summed E-state index contributed by atoms with van der Waals surface area (Å²) in [6.45, 7) is 2.82. The van der Waals surface area contributed by atoms with Gasteiger partial charge in [-0.2, -0.15) is 0 Å². The van der Waals surface area contributed by atoms with Crippen molar-refractivity contribution in [3.8, 4) is 0 Å². The van der Waals surface area contributed by atoms with E-state index in [2.05, 4.69) is 5.09 Å². The van der Waals surface area contributed by atoms with Crippen molar-refractivity contribution in [2.24, 2.45) is 5.50 Å². The fourth-order valence-electron chi connectivity index (χ4n) is 0.226. The molecule has 44 valence electrons. The van der Waals surface area contributed by atoms with Gasteiger partial charge in [0.05, 0.1) is 0 Å². The van der Waals surface area contributed by atoms with Crippen LogP contribution in [0.3, 0.4) is 0 Å². The highest BCUT2D eigenvalue weighted by molar-refractivity contribution is 7.46. The lowest BCUT2D eigenvalue weighted by Crippen LogP contribution is -2.11. The molecule has 0 aromatic rings. The molecule has 4 N–H and O–H groups in total. The fraction of sp³-hybridized carbons (Fsp3) is 1.00. The Labute approximate surface area is 44.9 Å².